The molecule has 5 nitrogen and oxygen atoms in total. The number of rotatable bonds is 10. The molecule has 2 N–H and O–H groups in total. The maximum Gasteiger partial charge on any atom is 0.319 e. The van der Waals surface area contributed by atoms with E-state index < -0.39 is 0 Å². The summed E-state index contributed by atoms with van der Waals surface area (Å²) in [5.74, 6) is 1.14. The highest BCUT2D eigenvalue weighted by Gasteiger charge is 2.08. The van der Waals surface area contributed by atoms with Crippen LogP contribution >= 0.6 is 11.6 Å². The molecular formula is C17H27ClN2O3. The molecule has 0 spiro atoms. The van der Waals surface area contributed by atoms with Gasteiger partial charge in [-0.3, -0.25) is 0 Å². The Labute approximate surface area is 143 Å². The van der Waals surface area contributed by atoms with Gasteiger partial charge < -0.3 is 20.1 Å². The fourth-order valence-corrected chi connectivity index (χ4v) is 1.97. The molecule has 0 unspecified atom stereocenters. The zero-order chi connectivity index (χ0) is 17.1. The summed E-state index contributed by atoms with van der Waals surface area (Å²) >= 11 is 5.98. The third kappa shape index (κ3) is 8.67. The number of amides is 2. The Kier molecular flexibility index (Phi) is 9.48. The van der Waals surface area contributed by atoms with Crippen LogP contribution in [0.2, 0.25) is 5.02 Å². The largest absolute Gasteiger partial charge is 0.491 e. The van der Waals surface area contributed by atoms with Gasteiger partial charge in [0, 0.05) is 24.8 Å². The minimum atomic E-state index is -0.280. The molecule has 0 aliphatic carbocycles. The van der Waals surface area contributed by atoms with Crippen LogP contribution in [0.3, 0.4) is 0 Å². The molecule has 0 heterocycles. The van der Waals surface area contributed by atoms with Crippen molar-refractivity contribution in [2.75, 3.05) is 31.7 Å². The summed E-state index contributed by atoms with van der Waals surface area (Å²) in [6.45, 7) is 8.76. The summed E-state index contributed by atoms with van der Waals surface area (Å²) in [6.07, 6.45) is 1.67. The van der Waals surface area contributed by atoms with Crippen LogP contribution in [-0.2, 0) is 4.74 Å². The van der Waals surface area contributed by atoms with Crippen molar-refractivity contribution in [2.24, 2.45) is 5.92 Å². The minimum absolute atomic E-state index is 0.280. The normalized spacial score (nSPS) is 10.7. The van der Waals surface area contributed by atoms with Gasteiger partial charge in [0.05, 0.1) is 12.3 Å². The third-order valence-corrected chi connectivity index (χ3v) is 3.09. The average molecular weight is 343 g/mol. The number of benzene rings is 1. The summed E-state index contributed by atoms with van der Waals surface area (Å²) in [5, 5.41) is 6.11. The Balaban J connectivity index is 2.37. The highest BCUT2D eigenvalue weighted by atomic mass is 35.5. The van der Waals surface area contributed by atoms with Crippen LogP contribution in [0.15, 0.2) is 18.2 Å². The van der Waals surface area contributed by atoms with E-state index in [0.717, 1.165) is 19.4 Å². The van der Waals surface area contributed by atoms with E-state index in [1.807, 2.05) is 6.92 Å². The van der Waals surface area contributed by atoms with Crippen LogP contribution in [0.4, 0.5) is 10.5 Å². The van der Waals surface area contributed by atoms with E-state index in [0.29, 0.717) is 42.1 Å². The number of hydrogen-bond acceptors (Lipinski definition) is 3. The van der Waals surface area contributed by atoms with Crippen LogP contribution in [0.5, 0.6) is 5.75 Å². The van der Waals surface area contributed by atoms with Gasteiger partial charge in [0.1, 0.15) is 5.75 Å². The average Bonchev–Trinajstić information content (AvgIpc) is 2.49. The molecule has 6 heteroatoms. The van der Waals surface area contributed by atoms with Gasteiger partial charge in [-0.1, -0.05) is 32.4 Å². The first-order valence-corrected chi connectivity index (χ1v) is 8.45. The Bertz CT molecular complexity index is 481. The second kappa shape index (κ2) is 11.1. The van der Waals surface area contributed by atoms with E-state index in [-0.39, 0.29) is 6.03 Å². The molecule has 0 fully saturated rings. The highest BCUT2D eigenvalue weighted by Crippen LogP contribution is 2.28. The molecular weight excluding hydrogens is 316 g/mol. The number of urea groups is 1. The monoisotopic (exact) mass is 342 g/mol. The second-order valence-electron chi connectivity index (χ2n) is 5.69. The van der Waals surface area contributed by atoms with E-state index in [1.165, 1.54) is 0 Å². The van der Waals surface area contributed by atoms with E-state index >= 15 is 0 Å². The van der Waals surface area contributed by atoms with Crippen molar-refractivity contribution in [2.45, 2.75) is 33.6 Å². The predicted octanol–water partition coefficient (Wildman–Crippen LogP) is 4.31. The van der Waals surface area contributed by atoms with Gasteiger partial charge in [-0.25, -0.2) is 4.79 Å². The zero-order valence-corrected chi connectivity index (χ0v) is 14.9. The first-order valence-electron chi connectivity index (χ1n) is 8.07. The van der Waals surface area contributed by atoms with Gasteiger partial charge in [0.2, 0.25) is 0 Å². The van der Waals surface area contributed by atoms with Crippen molar-refractivity contribution in [3.05, 3.63) is 23.2 Å². The van der Waals surface area contributed by atoms with Crippen molar-refractivity contribution in [3.8, 4) is 5.75 Å². The standard InChI is InChI=1S/C17H27ClN2O3/c1-4-9-23-16-7-6-14(18)11-15(16)20-17(21)19-8-5-10-22-12-13(2)3/h6-7,11,13H,4-5,8-10,12H2,1-3H3,(H2,19,20,21). The van der Waals surface area contributed by atoms with Gasteiger partial charge in [0.25, 0.3) is 0 Å². The van der Waals surface area contributed by atoms with Crippen molar-refractivity contribution in [3.63, 3.8) is 0 Å². The number of carbonyl (C=O) groups is 1. The fraction of sp³-hybridized carbons (Fsp3) is 0.588. The molecule has 0 radical (unpaired) electrons. The topological polar surface area (TPSA) is 59.6 Å². The number of halogens is 1. The summed E-state index contributed by atoms with van der Waals surface area (Å²) in [7, 11) is 0. The minimum Gasteiger partial charge on any atom is -0.491 e. The molecule has 1 rings (SSSR count). The van der Waals surface area contributed by atoms with Crippen LogP contribution in [0.1, 0.15) is 33.6 Å². The van der Waals surface area contributed by atoms with E-state index in [9.17, 15) is 4.79 Å². The maximum absolute atomic E-state index is 11.9. The van der Waals surface area contributed by atoms with Crippen molar-refractivity contribution in [1.29, 1.82) is 0 Å². The van der Waals surface area contributed by atoms with Gasteiger partial charge in [-0.15, -0.1) is 0 Å². The molecule has 130 valence electrons. The Morgan fingerprint density at radius 1 is 1.30 bits per heavy atom. The molecule has 0 bridgehead atoms. The number of nitrogens with one attached hydrogen (secondary N) is 2. The Morgan fingerprint density at radius 3 is 2.78 bits per heavy atom. The Morgan fingerprint density at radius 2 is 2.09 bits per heavy atom. The van der Waals surface area contributed by atoms with Crippen molar-refractivity contribution in [1.82, 2.24) is 5.32 Å². The van der Waals surface area contributed by atoms with Gasteiger partial charge in [-0.05, 0) is 37.0 Å². The van der Waals surface area contributed by atoms with E-state index in [4.69, 9.17) is 21.1 Å². The van der Waals surface area contributed by atoms with Crippen LogP contribution in [0, 0.1) is 5.92 Å². The van der Waals surface area contributed by atoms with Gasteiger partial charge >= 0.3 is 6.03 Å². The molecule has 0 saturated carbocycles. The lowest BCUT2D eigenvalue weighted by Crippen LogP contribution is -2.30. The van der Waals surface area contributed by atoms with E-state index in [2.05, 4.69) is 24.5 Å². The quantitative estimate of drug-likeness (QED) is 0.623. The van der Waals surface area contributed by atoms with Gasteiger partial charge in [0.15, 0.2) is 0 Å². The molecule has 2 amide bonds. The molecule has 0 aromatic heterocycles. The maximum atomic E-state index is 11.9. The number of anilines is 1. The van der Waals surface area contributed by atoms with Crippen LogP contribution in [-0.4, -0.2) is 32.4 Å². The highest BCUT2D eigenvalue weighted by molar-refractivity contribution is 6.31. The smallest absolute Gasteiger partial charge is 0.319 e. The summed E-state index contributed by atoms with van der Waals surface area (Å²) in [4.78, 5) is 11.9. The number of hydrogen-bond donors (Lipinski definition) is 2. The third-order valence-electron chi connectivity index (χ3n) is 2.85. The van der Waals surface area contributed by atoms with Crippen molar-refractivity contribution >= 4 is 23.3 Å². The molecule has 23 heavy (non-hydrogen) atoms. The molecule has 0 aliphatic rings. The molecule has 0 atom stereocenters. The van der Waals surface area contributed by atoms with Crippen LogP contribution < -0.4 is 15.4 Å². The first-order chi connectivity index (χ1) is 11.0. The SMILES string of the molecule is CCCOc1ccc(Cl)cc1NC(=O)NCCCOCC(C)C. The summed E-state index contributed by atoms with van der Waals surface area (Å²) in [5.41, 5.74) is 0.569. The lowest BCUT2D eigenvalue weighted by Gasteiger charge is -2.13. The molecule has 0 saturated heterocycles. The first kappa shape index (κ1) is 19.6. The zero-order valence-electron chi connectivity index (χ0n) is 14.2. The lowest BCUT2D eigenvalue weighted by atomic mass is 10.2. The van der Waals surface area contributed by atoms with Crippen LogP contribution in [0.25, 0.3) is 0 Å². The summed E-state index contributed by atoms with van der Waals surface area (Å²) in [6, 6.07) is 4.89. The molecule has 0 aliphatic heterocycles. The lowest BCUT2D eigenvalue weighted by molar-refractivity contribution is 0.108. The number of ether oxygens (including phenoxy) is 2. The molecule has 1 aromatic carbocycles. The molecule has 1 aromatic rings. The second-order valence-corrected chi connectivity index (χ2v) is 6.13. The predicted molar refractivity (Wildman–Crippen MR) is 94.5 cm³/mol. The van der Waals surface area contributed by atoms with E-state index in [1.54, 1.807) is 18.2 Å². The summed E-state index contributed by atoms with van der Waals surface area (Å²) < 4.78 is 11.1. The van der Waals surface area contributed by atoms with Crippen molar-refractivity contribution < 1.29 is 14.3 Å². The Hall–Kier alpha value is -1.46. The van der Waals surface area contributed by atoms with Gasteiger partial charge in [-0.2, -0.15) is 0 Å². The fourth-order valence-electron chi connectivity index (χ4n) is 1.80. The number of carbonyl (C=O) groups excluding carboxylic acids is 1.